The monoisotopic (exact) mass is 287 g/mol. The minimum absolute atomic E-state index is 0.292. The van der Waals surface area contributed by atoms with Crippen molar-refractivity contribution in [2.75, 3.05) is 0 Å². The number of rotatable bonds is 2. The van der Waals surface area contributed by atoms with Crippen LogP contribution in [0.15, 0.2) is 48.5 Å². The Hall–Kier alpha value is -2.13. The summed E-state index contributed by atoms with van der Waals surface area (Å²) >= 11 is 5.98. The van der Waals surface area contributed by atoms with Crippen molar-refractivity contribution in [3.8, 4) is 11.5 Å². The highest BCUT2D eigenvalue weighted by Crippen LogP contribution is 2.31. The van der Waals surface area contributed by atoms with Gasteiger partial charge < -0.3 is 4.74 Å². The maximum Gasteiger partial charge on any atom is 0.138 e. The number of nitrogens with zero attached hydrogens (tertiary/aromatic N) is 1. The van der Waals surface area contributed by atoms with Gasteiger partial charge in [0, 0.05) is 22.2 Å². The van der Waals surface area contributed by atoms with E-state index in [1.807, 2.05) is 19.1 Å². The van der Waals surface area contributed by atoms with E-state index in [1.165, 1.54) is 12.1 Å². The SMILES string of the molecule is Cc1cc(Oc2ccc(F)cc2)c2ccc(Cl)cc2n1. The average Bonchev–Trinajstić information content (AvgIpc) is 2.40. The predicted octanol–water partition coefficient (Wildman–Crippen LogP) is 5.13. The Morgan fingerprint density at radius 3 is 2.55 bits per heavy atom. The second-order valence-corrected chi connectivity index (χ2v) is 4.92. The van der Waals surface area contributed by atoms with Gasteiger partial charge in [-0.2, -0.15) is 0 Å². The zero-order valence-corrected chi connectivity index (χ0v) is 11.5. The summed E-state index contributed by atoms with van der Waals surface area (Å²) in [4.78, 5) is 4.43. The summed E-state index contributed by atoms with van der Waals surface area (Å²) in [5.41, 5.74) is 1.60. The molecule has 0 radical (unpaired) electrons. The topological polar surface area (TPSA) is 22.1 Å². The Morgan fingerprint density at radius 2 is 1.80 bits per heavy atom. The molecular weight excluding hydrogens is 277 g/mol. The van der Waals surface area contributed by atoms with Gasteiger partial charge in [-0.25, -0.2) is 4.39 Å². The first-order valence-electron chi connectivity index (χ1n) is 6.12. The van der Waals surface area contributed by atoms with E-state index < -0.39 is 0 Å². The molecule has 20 heavy (non-hydrogen) atoms. The Morgan fingerprint density at radius 1 is 1.05 bits per heavy atom. The number of pyridine rings is 1. The van der Waals surface area contributed by atoms with Crippen molar-refractivity contribution in [1.29, 1.82) is 0 Å². The van der Waals surface area contributed by atoms with E-state index in [4.69, 9.17) is 16.3 Å². The van der Waals surface area contributed by atoms with Gasteiger partial charge in [-0.05, 0) is 49.4 Å². The van der Waals surface area contributed by atoms with E-state index in [0.717, 1.165) is 16.6 Å². The summed E-state index contributed by atoms with van der Waals surface area (Å²) in [7, 11) is 0. The van der Waals surface area contributed by atoms with Crippen LogP contribution in [-0.4, -0.2) is 4.98 Å². The molecule has 0 aliphatic heterocycles. The van der Waals surface area contributed by atoms with Gasteiger partial charge in [0.1, 0.15) is 17.3 Å². The highest BCUT2D eigenvalue weighted by molar-refractivity contribution is 6.31. The second kappa shape index (κ2) is 5.10. The third-order valence-electron chi connectivity index (χ3n) is 2.90. The minimum Gasteiger partial charge on any atom is -0.457 e. The van der Waals surface area contributed by atoms with Gasteiger partial charge in [0.05, 0.1) is 5.52 Å². The lowest BCUT2D eigenvalue weighted by molar-refractivity contribution is 0.485. The first-order chi connectivity index (χ1) is 9.61. The van der Waals surface area contributed by atoms with E-state index in [2.05, 4.69) is 4.98 Å². The average molecular weight is 288 g/mol. The van der Waals surface area contributed by atoms with Gasteiger partial charge in [0.2, 0.25) is 0 Å². The molecule has 0 spiro atoms. The van der Waals surface area contributed by atoms with Crippen molar-refractivity contribution in [3.63, 3.8) is 0 Å². The Balaban J connectivity index is 2.08. The van der Waals surface area contributed by atoms with Crippen LogP contribution in [-0.2, 0) is 0 Å². The van der Waals surface area contributed by atoms with E-state index >= 15 is 0 Å². The number of hydrogen-bond acceptors (Lipinski definition) is 2. The van der Waals surface area contributed by atoms with Crippen LogP contribution in [0.25, 0.3) is 10.9 Å². The van der Waals surface area contributed by atoms with Crippen LogP contribution in [0.1, 0.15) is 5.69 Å². The molecule has 4 heteroatoms. The van der Waals surface area contributed by atoms with Crippen LogP contribution in [0.3, 0.4) is 0 Å². The number of ether oxygens (including phenoxy) is 1. The molecule has 1 heterocycles. The Labute approximate surface area is 120 Å². The van der Waals surface area contributed by atoms with Crippen LogP contribution in [0.5, 0.6) is 11.5 Å². The van der Waals surface area contributed by atoms with Gasteiger partial charge in [0.25, 0.3) is 0 Å². The molecule has 0 bridgehead atoms. The first kappa shape index (κ1) is 12.9. The van der Waals surface area contributed by atoms with Gasteiger partial charge in [0.15, 0.2) is 0 Å². The lowest BCUT2D eigenvalue weighted by Gasteiger charge is -2.10. The van der Waals surface area contributed by atoms with Crippen molar-refractivity contribution >= 4 is 22.5 Å². The van der Waals surface area contributed by atoms with Crippen molar-refractivity contribution in [3.05, 3.63) is 65.1 Å². The van der Waals surface area contributed by atoms with Gasteiger partial charge in [-0.15, -0.1) is 0 Å². The van der Waals surface area contributed by atoms with Crippen LogP contribution in [0.4, 0.5) is 4.39 Å². The second-order valence-electron chi connectivity index (χ2n) is 4.48. The smallest absolute Gasteiger partial charge is 0.138 e. The van der Waals surface area contributed by atoms with Gasteiger partial charge >= 0.3 is 0 Å². The number of hydrogen-bond donors (Lipinski definition) is 0. The van der Waals surface area contributed by atoms with Crippen molar-refractivity contribution < 1.29 is 9.13 Å². The molecular formula is C16H11ClFNO. The van der Waals surface area contributed by atoms with Crippen molar-refractivity contribution in [2.45, 2.75) is 6.92 Å². The summed E-state index contributed by atoms with van der Waals surface area (Å²) in [6.45, 7) is 1.89. The number of aromatic nitrogens is 1. The first-order valence-corrected chi connectivity index (χ1v) is 6.50. The van der Waals surface area contributed by atoms with Gasteiger partial charge in [-0.3, -0.25) is 4.98 Å². The Bertz CT molecular complexity index is 766. The fourth-order valence-electron chi connectivity index (χ4n) is 2.01. The molecule has 0 amide bonds. The molecule has 0 aliphatic carbocycles. The van der Waals surface area contributed by atoms with E-state index in [1.54, 1.807) is 24.3 Å². The number of fused-ring (bicyclic) bond motifs is 1. The highest BCUT2D eigenvalue weighted by Gasteiger charge is 2.07. The standard InChI is InChI=1S/C16H11ClFNO/c1-10-8-16(20-13-5-3-12(18)4-6-13)14-7-2-11(17)9-15(14)19-10/h2-9H,1H3. The molecule has 1 aromatic heterocycles. The summed E-state index contributed by atoms with van der Waals surface area (Å²) in [6.07, 6.45) is 0. The third-order valence-corrected chi connectivity index (χ3v) is 3.14. The highest BCUT2D eigenvalue weighted by atomic mass is 35.5. The molecule has 0 saturated heterocycles. The molecule has 3 aromatic rings. The molecule has 100 valence electrons. The largest absolute Gasteiger partial charge is 0.457 e. The molecule has 0 saturated carbocycles. The lowest BCUT2D eigenvalue weighted by atomic mass is 10.2. The molecule has 2 nitrogen and oxygen atoms in total. The normalized spacial score (nSPS) is 10.8. The predicted molar refractivity (Wildman–Crippen MR) is 78.0 cm³/mol. The van der Waals surface area contributed by atoms with Crippen LogP contribution in [0, 0.1) is 12.7 Å². The van der Waals surface area contributed by atoms with Gasteiger partial charge in [-0.1, -0.05) is 11.6 Å². The summed E-state index contributed by atoms with van der Waals surface area (Å²) in [6, 6.07) is 13.2. The maximum atomic E-state index is 12.9. The summed E-state index contributed by atoms with van der Waals surface area (Å²) in [5, 5.41) is 1.49. The number of benzene rings is 2. The molecule has 0 fully saturated rings. The third kappa shape index (κ3) is 2.58. The lowest BCUT2D eigenvalue weighted by Crippen LogP contribution is -1.90. The fourth-order valence-corrected chi connectivity index (χ4v) is 2.18. The van der Waals surface area contributed by atoms with E-state index in [0.29, 0.717) is 16.5 Å². The molecule has 3 rings (SSSR count). The molecule has 0 unspecified atom stereocenters. The molecule has 0 aliphatic rings. The fraction of sp³-hybridized carbons (Fsp3) is 0.0625. The summed E-state index contributed by atoms with van der Waals surface area (Å²) in [5.74, 6) is 0.962. The summed E-state index contributed by atoms with van der Waals surface area (Å²) < 4.78 is 18.7. The van der Waals surface area contributed by atoms with E-state index in [-0.39, 0.29) is 5.82 Å². The zero-order chi connectivity index (χ0) is 14.1. The zero-order valence-electron chi connectivity index (χ0n) is 10.7. The molecule has 0 N–H and O–H groups in total. The minimum atomic E-state index is -0.292. The molecule has 0 atom stereocenters. The maximum absolute atomic E-state index is 12.9. The van der Waals surface area contributed by atoms with Crippen molar-refractivity contribution in [1.82, 2.24) is 4.98 Å². The molecule has 2 aromatic carbocycles. The number of halogens is 2. The van der Waals surface area contributed by atoms with Crippen LogP contribution in [0.2, 0.25) is 5.02 Å². The Kier molecular flexibility index (Phi) is 3.28. The van der Waals surface area contributed by atoms with Crippen molar-refractivity contribution in [2.24, 2.45) is 0 Å². The van der Waals surface area contributed by atoms with Crippen LogP contribution >= 0.6 is 11.6 Å². The quantitative estimate of drug-likeness (QED) is 0.652. The number of aryl methyl sites for hydroxylation is 1. The van der Waals surface area contributed by atoms with E-state index in [9.17, 15) is 4.39 Å². The van der Waals surface area contributed by atoms with Crippen LogP contribution < -0.4 is 4.74 Å².